The molecule has 1 saturated heterocycles. The zero-order valence-electron chi connectivity index (χ0n) is 11.4. The molecule has 0 saturated carbocycles. The van der Waals surface area contributed by atoms with Gasteiger partial charge >= 0.3 is 0 Å². The third-order valence-corrected chi connectivity index (χ3v) is 4.96. The Kier molecular flexibility index (Phi) is 4.00. The molecule has 1 aromatic rings. The van der Waals surface area contributed by atoms with E-state index in [0.29, 0.717) is 4.75 Å². The van der Waals surface area contributed by atoms with Gasteiger partial charge in [0.1, 0.15) is 6.29 Å². The number of anilines is 1. The molecule has 0 unspecified atom stereocenters. The highest BCUT2D eigenvalue weighted by Crippen LogP contribution is 2.32. The largest absolute Gasteiger partial charge is 0.371 e. The van der Waals surface area contributed by atoms with E-state index >= 15 is 0 Å². The van der Waals surface area contributed by atoms with Crippen LogP contribution >= 0.6 is 11.8 Å². The van der Waals surface area contributed by atoms with Gasteiger partial charge in [0.05, 0.1) is 0 Å². The molecule has 2 nitrogen and oxygen atoms in total. The van der Waals surface area contributed by atoms with Crippen molar-refractivity contribution >= 4 is 23.7 Å². The fraction of sp³-hybridized carbons (Fsp3) is 0.533. The van der Waals surface area contributed by atoms with Crippen LogP contribution in [0.25, 0.3) is 0 Å². The Balaban J connectivity index is 2.16. The smallest absolute Gasteiger partial charge is 0.150 e. The maximum Gasteiger partial charge on any atom is 0.150 e. The molecule has 3 heteroatoms. The summed E-state index contributed by atoms with van der Waals surface area (Å²) in [6, 6.07) is 6.13. The minimum absolute atomic E-state index is 0.381. The molecule has 0 radical (unpaired) electrons. The van der Waals surface area contributed by atoms with E-state index in [2.05, 4.69) is 42.6 Å². The quantitative estimate of drug-likeness (QED) is 0.761. The molecule has 98 valence electrons. The lowest BCUT2D eigenvalue weighted by molar-refractivity contribution is 0.112. The molecule has 1 aromatic carbocycles. The van der Waals surface area contributed by atoms with Crippen molar-refractivity contribution in [2.45, 2.75) is 31.9 Å². The van der Waals surface area contributed by atoms with Crippen molar-refractivity contribution in [2.75, 3.05) is 23.7 Å². The van der Waals surface area contributed by atoms with Gasteiger partial charge in [-0.05, 0) is 37.1 Å². The lowest BCUT2D eigenvalue weighted by atomic mass is 10.1. The fourth-order valence-electron chi connectivity index (χ4n) is 2.27. The zero-order chi connectivity index (χ0) is 13.2. The summed E-state index contributed by atoms with van der Waals surface area (Å²) in [7, 11) is 0. The van der Waals surface area contributed by atoms with Crippen LogP contribution in [0, 0.1) is 6.92 Å². The molecule has 18 heavy (non-hydrogen) atoms. The van der Waals surface area contributed by atoms with Gasteiger partial charge in [-0.1, -0.05) is 13.8 Å². The Bertz CT molecular complexity index is 442. The summed E-state index contributed by atoms with van der Waals surface area (Å²) >= 11 is 2.05. The van der Waals surface area contributed by atoms with E-state index in [9.17, 15) is 4.79 Å². The molecule has 0 spiro atoms. The second-order valence-corrected chi connectivity index (χ2v) is 7.31. The number of nitrogens with zero attached hydrogens (tertiary/aromatic N) is 1. The second kappa shape index (κ2) is 5.35. The number of carbonyl (C=O) groups excluding carboxylic acids is 1. The van der Waals surface area contributed by atoms with E-state index in [0.717, 1.165) is 30.5 Å². The number of carbonyl (C=O) groups is 1. The summed E-state index contributed by atoms with van der Waals surface area (Å²) in [6.07, 6.45) is 2.13. The molecule has 0 aliphatic carbocycles. The number of aldehydes is 1. The predicted octanol–water partition coefficient (Wildman–Crippen LogP) is 3.53. The van der Waals surface area contributed by atoms with Crippen LogP contribution in [0.4, 0.5) is 5.69 Å². The summed E-state index contributed by atoms with van der Waals surface area (Å²) in [4.78, 5) is 13.3. The van der Waals surface area contributed by atoms with E-state index in [4.69, 9.17) is 0 Å². The predicted molar refractivity (Wildman–Crippen MR) is 79.9 cm³/mol. The third-order valence-electron chi connectivity index (χ3n) is 3.58. The van der Waals surface area contributed by atoms with Crippen molar-refractivity contribution in [3.8, 4) is 0 Å². The Morgan fingerprint density at radius 3 is 2.78 bits per heavy atom. The maximum absolute atomic E-state index is 10.8. The van der Waals surface area contributed by atoms with E-state index < -0.39 is 0 Å². The molecule has 0 atom stereocenters. The van der Waals surface area contributed by atoms with Gasteiger partial charge in [0.15, 0.2) is 0 Å². The number of aryl methyl sites for hydroxylation is 1. The van der Waals surface area contributed by atoms with Crippen LogP contribution in [0.15, 0.2) is 18.2 Å². The van der Waals surface area contributed by atoms with E-state index in [-0.39, 0.29) is 0 Å². The molecule has 1 heterocycles. The van der Waals surface area contributed by atoms with Crippen molar-refractivity contribution in [3.63, 3.8) is 0 Å². The first-order valence-corrected chi connectivity index (χ1v) is 7.45. The Hall–Kier alpha value is -0.960. The molecule has 0 bridgehead atoms. The minimum atomic E-state index is 0.381. The molecule has 0 N–H and O–H groups in total. The SMILES string of the molecule is Cc1cc(N2CCSC(C)(C)CC2)ccc1C=O. The van der Waals surface area contributed by atoms with Crippen molar-refractivity contribution in [3.05, 3.63) is 29.3 Å². The van der Waals surface area contributed by atoms with Crippen LogP contribution in [0.5, 0.6) is 0 Å². The first kappa shape index (κ1) is 13.5. The molecule has 1 fully saturated rings. The summed E-state index contributed by atoms with van der Waals surface area (Å²) in [5.74, 6) is 1.17. The fourth-order valence-corrected chi connectivity index (χ4v) is 3.37. The minimum Gasteiger partial charge on any atom is -0.371 e. The standard InChI is InChI=1S/C15H21NOS/c1-12-10-14(5-4-13(12)11-17)16-7-6-15(2,3)18-9-8-16/h4-5,10-11H,6-9H2,1-3H3. The molecule has 1 aliphatic rings. The lowest BCUT2D eigenvalue weighted by Gasteiger charge is -2.24. The molecular weight excluding hydrogens is 242 g/mol. The maximum atomic E-state index is 10.8. The number of hydrogen-bond donors (Lipinski definition) is 0. The van der Waals surface area contributed by atoms with E-state index in [1.54, 1.807) is 0 Å². The average Bonchev–Trinajstić information content (AvgIpc) is 2.50. The first-order chi connectivity index (χ1) is 8.52. The highest BCUT2D eigenvalue weighted by molar-refractivity contribution is 8.00. The summed E-state index contributed by atoms with van der Waals surface area (Å²) in [5.41, 5.74) is 3.11. The van der Waals surface area contributed by atoms with Gasteiger partial charge in [-0.25, -0.2) is 0 Å². The summed E-state index contributed by atoms with van der Waals surface area (Å²) in [5, 5.41) is 0. The topological polar surface area (TPSA) is 20.3 Å². The van der Waals surface area contributed by atoms with Crippen molar-refractivity contribution in [1.29, 1.82) is 0 Å². The van der Waals surface area contributed by atoms with Gasteiger partial charge in [-0.15, -0.1) is 0 Å². The summed E-state index contributed by atoms with van der Waals surface area (Å²) in [6.45, 7) is 8.83. The Morgan fingerprint density at radius 1 is 1.33 bits per heavy atom. The molecule has 0 aromatic heterocycles. The zero-order valence-corrected chi connectivity index (χ0v) is 12.2. The van der Waals surface area contributed by atoms with Crippen LogP contribution in [-0.4, -0.2) is 29.9 Å². The first-order valence-electron chi connectivity index (χ1n) is 6.46. The van der Waals surface area contributed by atoms with Gasteiger partial charge < -0.3 is 4.90 Å². The highest BCUT2D eigenvalue weighted by atomic mass is 32.2. The van der Waals surface area contributed by atoms with Crippen LogP contribution in [0.3, 0.4) is 0 Å². The molecule has 1 aliphatic heterocycles. The van der Waals surface area contributed by atoms with Crippen LogP contribution in [-0.2, 0) is 0 Å². The van der Waals surface area contributed by atoms with Crippen LogP contribution in [0.1, 0.15) is 36.2 Å². The van der Waals surface area contributed by atoms with Crippen LogP contribution < -0.4 is 4.90 Å². The van der Waals surface area contributed by atoms with Crippen molar-refractivity contribution in [2.24, 2.45) is 0 Å². The van der Waals surface area contributed by atoms with Crippen LogP contribution in [0.2, 0.25) is 0 Å². The second-order valence-electron chi connectivity index (χ2n) is 5.50. The molecular formula is C15H21NOS. The number of hydrogen-bond acceptors (Lipinski definition) is 3. The summed E-state index contributed by atoms with van der Waals surface area (Å²) < 4.78 is 0.381. The number of rotatable bonds is 2. The number of thioether (sulfide) groups is 1. The van der Waals surface area contributed by atoms with Gasteiger partial charge in [-0.3, -0.25) is 4.79 Å². The van der Waals surface area contributed by atoms with Gasteiger partial charge in [0, 0.05) is 34.8 Å². The lowest BCUT2D eigenvalue weighted by Crippen LogP contribution is -2.26. The third kappa shape index (κ3) is 3.08. The molecule has 0 amide bonds. The Labute approximate surface area is 114 Å². The normalized spacial score (nSPS) is 19.4. The Morgan fingerprint density at radius 2 is 2.11 bits per heavy atom. The monoisotopic (exact) mass is 263 g/mol. The number of benzene rings is 1. The highest BCUT2D eigenvalue weighted by Gasteiger charge is 2.23. The average molecular weight is 263 g/mol. The van der Waals surface area contributed by atoms with E-state index in [1.807, 2.05) is 13.0 Å². The van der Waals surface area contributed by atoms with Crippen molar-refractivity contribution < 1.29 is 4.79 Å². The molecule has 2 rings (SSSR count). The van der Waals surface area contributed by atoms with Crippen molar-refractivity contribution in [1.82, 2.24) is 0 Å². The van der Waals surface area contributed by atoms with E-state index in [1.165, 1.54) is 17.9 Å². The van der Waals surface area contributed by atoms with Gasteiger partial charge in [0.2, 0.25) is 0 Å². The van der Waals surface area contributed by atoms with Gasteiger partial charge in [-0.2, -0.15) is 11.8 Å². The van der Waals surface area contributed by atoms with Gasteiger partial charge in [0.25, 0.3) is 0 Å².